The van der Waals surface area contributed by atoms with Crippen molar-refractivity contribution in [2.24, 2.45) is 4.99 Å². The van der Waals surface area contributed by atoms with E-state index in [1.807, 2.05) is 6.92 Å². The molecule has 1 amide bonds. The highest BCUT2D eigenvalue weighted by atomic mass is 127. The van der Waals surface area contributed by atoms with Gasteiger partial charge in [0.2, 0.25) is 5.91 Å². The number of carbonyl (C=O) groups is 1. The Balaban J connectivity index is 0. The summed E-state index contributed by atoms with van der Waals surface area (Å²) in [5, 5.41) is 8.98. The number of rotatable bonds is 6. The second kappa shape index (κ2) is 12.5. The summed E-state index contributed by atoms with van der Waals surface area (Å²) < 4.78 is 0. The van der Waals surface area contributed by atoms with Gasteiger partial charge in [0, 0.05) is 33.1 Å². The quantitative estimate of drug-likeness (QED) is 0.288. The van der Waals surface area contributed by atoms with Gasteiger partial charge < -0.3 is 16.0 Å². The second-order valence-corrected chi connectivity index (χ2v) is 3.17. The molecule has 0 aromatic carbocycles. The molecule has 0 aliphatic rings. The maximum atomic E-state index is 10.6. The number of carbonyl (C=O) groups excluding carboxylic acids is 1. The maximum Gasteiger partial charge on any atom is 0.216 e. The molecule has 0 radical (unpaired) electrons. The summed E-state index contributed by atoms with van der Waals surface area (Å²) in [7, 11) is 0. The molecule has 3 N–H and O–H groups in total. The number of amides is 1. The van der Waals surface area contributed by atoms with Gasteiger partial charge in [-0.15, -0.1) is 24.0 Å². The molecule has 0 spiro atoms. The van der Waals surface area contributed by atoms with Crippen LogP contribution in [-0.2, 0) is 4.79 Å². The van der Waals surface area contributed by atoms with Crippen LogP contribution in [0.15, 0.2) is 4.99 Å². The first-order chi connectivity index (χ1) is 7.20. The molecule has 6 heteroatoms. The van der Waals surface area contributed by atoms with Crippen LogP contribution in [0.1, 0.15) is 27.2 Å². The highest BCUT2D eigenvalue weighted by Gasteiger charge is 1.95. The van der Waals surface area contributed by atoms with Gasteiger partial charge in [0.1, 0.15) is 0 Å². The van der Waals surface area contributed by atoms with E-state index < -0.39 is 0 Å². The third-order valence-electron chi connectivity index (χ3n) is 1.63. The molecule has 0 unspecified atom stereocenters. The van der Waals surface area contributed by atoms with Crippen LogP contribution in [0.25, 0.3) is 0 Å². The average molecular weight is 342 g/mol. The zero-order chi connectivity index (χ0) is 11.5. The van der Waals surface area contributed by atoms with Crippen LogP contribution in [0, 0.1) is 0 Å². The molecule has 0 bridgehead atoms. The van der Waals surface area contributed by atoms with Gasteiger partial charge in [0.25, 0.3) is 0 Å². The molecule has 0 saturated carbocycles. The Kier molecular flexibility index (Phi) is 14.0. The number of nitrogens with one attached hydrogen (secondary N) is 3. The van der Waals surface area contributed by atoms with Crippen LogP contribution < -0.4 is 16.0 Å². The molecule has 0 aliphatic heterocycles. The Morgan fingerprint density at radius 1 is 1.12 bits per heavy atom. The number of halogens is 1. The summed E-state index contributed by atoms with van der Waals surface area (Å²) in [6.45, 7) is 8.59. The minimum absolute atomic E-state index is 0. The van der Waals surface area contributed by atoms with Crippen molar-refractivity contribution < 1.29 is 4.79 Å². The molecule has 0 rings (SSSR count). The first-order valence-corrected chi connectivity index (χ1v) is 5.47. The zero-order valence-electron chi connectivity index (χ0n) is 10.3. The summed E-state index contributed by atoms with van der Waals surface area (Å²) >= 11 is 0. The van der Waals surface area contributed by atoms with E-state index in [4.69, 9.17) is 0 Å². The Morgan fingerprint density at radius 2 is 1.75 bits per heavy atom. The van der Waals surface area contributed by atoms with Crippen molar-refractivity contribution in [2.75, 3.05) is 26.2 Å². The van der Waals surface area contributed by atoms with Crippen molar-refractivity contribution >= 4 is 35.8 Å². The first-order valence-electron chi connectivity index (χ1n) is 5.47. The monoisotopic (exact) mass is 342 g/mol. The molecule has 0 aliphatic carbocycles. The molecule has 0 atom stereocenters. The van der Waals surface area contributed by atoms with Crippen LogP contribution in [0.5, 0.6) is 0 Å². The van der Waals surface area contributed by atoms with Gasteiger partial charge in [0.15, 0.2) is 5.96 Å². The van der Waals surface area contributed by atoms with Crippen LogP contribution >= 0.6 is 24.0 Å². The Bertz CT molecular complexity index is 209. The summed E-state index contributed by atoms with van der Waals surface area (Å²) in [5.41, 5.74) is 0. The Hall–Kier alpha value is -0.530. The lowest BCUT2D eigenvalue weighted by Crippen LogP contribution is -2.41. The van der Waals surface area contributed by atoms with Gasteiger partial charge in [-0.25, -0.2) is 0 Å². The lowest BCUT2D eigenvalue weighted by Gasteiger charge is -2.10. The normalized spacial score (nSPS) is 10.3. The van der Waals surface area contributed by atoms with Gasteiger partial charge in [-0.05, 0) is 13.3 Å². The highest BCUT2D eigenvalue weighted by molar-refractivity contribution is 14.0. The van der Waals surface area contributed by atoms with Crippen LogP contribution in [0.3, 0.4) is 0 Å². The minimum atomic E-state index is -0.00713. The van der Waals surface area contributed by atoms with E-state index in [2.05, 4.69) is 27.9 Å². The standard InChI is InChI=1S/C10H22N4O.HI/c1-4-6-13-10(11-5-2)14-8-7-12-9(3)15;/h4-8H2,1-3H3,(H,12,15)(H2,11,13,14);1H. The van der Waals surface area contributed by atoms with Crippen LogP contribution in [0.2, 0.25) is 0 Å². The van der Waals surface area contributed by atoms with E-state index >= 15 is 0 Å². The lowest BCUT2D eigenvalue weighted by molar-refractivity contribution is -0.118. The maximum absolute atomic E-state index is 10.6. The molecule has 0 aromatic rings. The second-order valence-electron chi connectivity index (χ2n) is 3.17. The Morgan fingerprint density at radius 3 is 2.25 bits per heavy atom. The molecule has 0 aromatic heterocycles. The van der Waals surface area contributed by atoms with Crippen LogP contribution in [-0.4, -0.2) is 38.0 Å². The highest BCUT2D eigenvalue weighted by Crippen LogP contribution is 1.78. The van der Waals surface area contributed by atoms with E-state index in [9.17, 15) is 4.79 Å². The smallest absolute Gasteiger partial charge is 0.216 e. The van der Waals surface area contributed by atoms with Gasteiger partial charge in [0.05, 0.1) is 0 Å². The topological polar surface area (TPSA) is 65.5 Å². The molecule has 0 saturated heterocycles. The van der Waals surface area contributed by atoms with Crippen molar-refractivity contribution in [2.45, 2.75) is 27.2 Å². The Labute approximate surface area is 115 Å². The molecule has 0 fully saturated rings. The average Bonchev–Trinajstić information content (AvgIpc) is 2.20. The van der Waals surface area contributed by atoms with Crippen molar-refractivity contribution in [3.05, 3.63) is 0 Å². The minimum Gasteiger partial charge on any atom is -0.357 e. The largest absolute Gasteiger partial charge is 0.357 e. The van der Waals surface area contributed by atoms with Crippen molar-refractivity contribution in [3.8, 4) is 0 Å². The number of hydrogen-bond donors (Lipinski definition) is 3. The molecule has 0 heterocycles. The molecular weight excluding hydrogens is 319 g/mol. The van der Waals surface area contributed by atoms with Gasteiger partial charge >= 0.3 is 0 Å². The first kappa shape index (κ1) is 17.9. The summed E-state index contributed by atoms with van der Waals surface area (Å²) in [6, 6.07) is 0. The summed E-state index contributed by atoms with van der Waals surface area (Å²) in [5.74, 6) is 0.803. The van der Waals surface area contributed by atoms with E-state index in [1.54, 1.807) is 0 Å². The predicted octanol–water partition coefficient (Wildman–Crippen LogP) is 0.706. The third kappa shape index (κ3) is 11.5. The molecule has 16 heavy (non-hydrogen) atoms. The van der Waals surface area contributed by atoms with Crippen molar-refractivity contribution in [1.29, 1.82) is 0 Å². The van der Waals surface area contributed by atoms with E-state index in [0.29, 0.717) is 13.1 Å². The fraction of sp³-hybridized carbons (Fsp3) is 0.800. The third-order valence-corrected chi connectivity index (χ3v) is 1.63. The molecular formula is C10H23IN4O. The SMILES string of the molecule is CCCN=C(NCC)NCCNC(C)=O.I. The van der Waals surface area contributed by atoms with Gasteiger partial charge in [-0.3, -0.25) is 9.79 Å². The fourth-order valence-corrected chi connectivity index (χ4v) is 0.985. The number of guanidine groups is 1. The number of hydrogen-bond acceptors (Lipinski definition) is 2. The summed E-state index contributed by atoms with van der Waals surface area (Å²) in [4.78, 5) is 14.9. The number of nitrogens with zero attached hydrogens (tertiary/aromatic N) is 1. The predicted molar refractivity (Wildman–Crippen MR) is 78.4 cm³/mol. The zero-order valence-corrected chi connectivity index (χ0v) is 12.6. The van der Waals surface area contributed by atoms with Crippen molar-refractivity contribution in [3.63, 3.8) is 0 Å². The lowest BCUT2D eigenvalue weighted by atomic mass is 10.5. The van der Waals surface area contributed by atoms with Crippen LogP contribution in [0.4, 0.5) is 0 Å². The fourth-order valence-electron chi connectivity index (χ4n) is 0.985. The van der Waals surface area contributed by atoms with Crippen molar-refractivity contribution in [1.82, 2.24) is 16.0 Å². The summed E-state index contributed by atoms with van der Waals surface area (Å²) in [6.07, 6.45) is 1.03. The van der Waals surface area contributed by atoms with Gasteiger partial charge in [-0.2, -0.15) is 0 Å². The van der Waals surface area contributed by atoms with E-state index in [-0.39, 0.29) is 29.9 Å². The molecule has 96 valence electrons. The van der Waals surface area contributed by atoms with E-state index in [0.717, 1.165) is 25.5 Å². The number of aliphatic imine (C=N–C) groups is 1. The molecule has 5 nitrogen and oxygen atoms in total. The van der Waals surface area contributed by atoms with Gasteiger partial charge in [-0.1, -0.05) is 6.92 Å². The van der Waals surface area contributed by atoms with E-state index in [1.165, 1.54) is 6.92 Å².